The predicted octanol–water partition coefficient (Wildman–Crippen LogP) is -4.83. The Morgan fingerprint density at radius 3 is 2.41 bits per heavy atom. The van der Waals surface area contributed by atoms with Crippen molar-refractivity contribution in [2.45, 2.75) is 30.7 Å². The quantitative estimate of drug-likeness (QED) is 0.192. The molecule has 0 radical (unpaired) electrons. The molecular formula is C8H19N2O7+. The van der Waals surface area contributed by atoms with E-state index in [-0.39, 0.29) is 11.9 Å². The van der Waals surface area contributed by atoms with Crippen molar-refractivity contribution in [3.63, 3.8) is 0 Å². The van der Waals surface area contributed by atoms with Crippen LogP contribution in [-0.2, 0) is 9.47 Å². The van der Waals surface area contributed by atoms with Crippen LogP contribution in [0, 0.1) is 0 Å². The highest BCUT2D eigenvalue weighted by Gasteiger charge is 2.44. The van der Waals surface area contributed by atoms with E-state index in [0.29, 0.717) is 0 Å². The van der Waals surface area contributed by atoms with Crippen LogP contribution >= 0.6 is 0 Å². The molecule has 1 aliphatic heterocycles. The van der Waals surface area contributed by atoms with Gasteiger partial charge < -0.3 is 29.9 Å². The fourth-order valence-electron chi connectivity index (χ4n) is 1.43. The largest absolute Gasteiger partial charge is 0.394 e. The molecule has 0 saturated carbocycles. The van der Waals surface area contributed by atoms with E-state index in [1.54, 1.807) is 0 Å². The van der Waals surface area contributed by atoms with Crippen molar-refractivity contribution in [2.24, 2.45) is 0 Å². The van der Waals surface area contributed by atoms with E-state index in [2.05, 4.69) is 5.43 Å². The van der Waals surface area contributed by atoms with Gasteiger partial charge >= 0.3 is 0 Å². The molecule has 0 aromatic rings. The highest BCUT2D eigenvalue weighted by atomic mass is 16.7. The summed E-state index contributed by atoms with van der Waals surface area (Å²) in [5.74, 6) is 0. The molecule has 0 bridgehead atoms. The number of hydroxylamine groups is 1. The van der Waals surface area contributed by atoms with Gasteiger partial charge in [-0.3, -0.25) is 0 Å². The van der Waals surface area contributed by atoms with Crippen molar-refractivity contribution in [3.05, 3.63) is 0 Å². The minimum atomic E-state index is -1.47. The lowest BCUT2D eigenvalue weighted by molar-refractivity contribution is -1.11. The molecular weight excluding hydrogens is 236 g/mol. The number of rotatable bonds is 5. The summed E-state index contributed by atoms with van der Waals surface area (Å²) in [6.45, 7) is -0.658. The summed E-state index contributed by atoms with van der Waals surface area (Å²) in [7, 11) is 1.40. The number of ether oxygens (including phenoxy) is 2. The van der Waals surface area contributed by atoms with Crippen molar-refractivity contribution in [2.75, 3.05) is 20.4 Å². The molecule has 1 heterocycles. The van der Waals surface area contributed by atoms with Crippen LogP contribution in [0.4, 0.5) is 0 Å². The van der Waals surface area contributed by atoms with Gasteiger partial charge in [0.05, 0.1) is 6.61 Å². The van der Waals surface area contributed by atoms with Crippen LogP contribution in [0.15, 0.2) is 0 Å². The Kier molecular flexibility index (Phi) is 5.66. The monoisotopic (exact) mass is 255 g/mol. The average molecular weight is 255 g/mol. The zero-order valence-corrected chi connectivity index (χ0v) is 9.35. The molecule has 0 aromatic carbocycles. The van der Waals surface area contributed by atoms with Gasteiger partial charge in [-0.25, -0.2) is 0 Å². The first-order valence-corrected chi connectivity index (χ1v) is 5.16. The highest BCUT2D eigenvalue weighted by Crippen LogP contribution is 2.21. The second kappa shape index (κ2) is 6.54. The Morgan fingerprint density at radius 2 is 1.88 bits per heavy atom. The van der Waals surface area contributed by atoms with Gasteiger partial charge in [-0.05, 0) is 0 Å². The second-order valence-corrected chi connectivity index (χ2v) is 3.77. The van der Waals surface area contributed by atoms with Gasteiger partial charge in [0, 0.05) is 0 Å². The zero-order valence-electron chi connectivity index (χ0n) is 9.35. The molecule has 102 valence electrons. The lowest BCUT2D eigenvalue weighted by Crippen LogP contribution is -3.13. The number of hydrogen-bond donors (Lipinski definition) is 7. The summed E-state index contributed by atoms with van der Waals surface area (Å²) in [4.78, 5) is 0. The van der Waals surface area contributed by atoms with E-state index in [9.17, 15) is 15.3 Å². The molecule has 1 aliphatic rings. The Labute approximate surface area is 97.7 Å². The van der Waals surface area contributed by atoms with Gasteiger partial charge in [0.1, 0.15) is 38.2 Å². The van der Waals surface area contributed by atoms with Gasteiger partial charge in [0.15, 0.2) is 6.29 Å². The predicted molar refractivity (Wildman–Crippen MR) is 51.5 cm³/mol. The zero-order chi connectivity index (χ0) is 13.0. The van der Waals surface area contributed by atoms with Crippen LogP contribution < -0.4 is 10.6 Å². The Balaban J connectivity index is 2.47. The van der Waals surface area contributed by atoms with E-state index in [4.69, 9.17) is 19.8 Å². The van der Waals surface area contributed by atoms with E-state index < -0.39 is 37.3 Å². The number of aliphatic hydroxyl groups is 4. The fourth-order valence-corrected chi connectivity index (χ4v) is 1.43. The lowest BCUT2D eigenvalue weighted by Gasteiger charge is -2.39. The van der Waals surface area contributed by atoms with Gasteiger partial charge in [0.2, 0.25) is 0 Å². The molecule has 1 rings (SSSR count). The number of quaternary nitrogens is 1. The molecule has 0 amide bonds. The van der Waals surface area contributed by atoms with Gasteiger partial charge in [0.25, 0.3) is 0 Å². The van der Waals surface area contributed by atoms with E-state index >= 15 is 0 Å². The van der Waals surface area contributed by atoms with Gasteiger partial charge in [-0.1, -0.05) is 0 Å². The lowest BCUT2D eigenvalue weighted by atomic mass is 9.99. The van der Waals surface area contributed by atoms with Crippen molar-refractivity contribution >= 4 is 0 Å². The third-order valence-electron chi connectivity index (χ3n) is 2.42. The third-order valence-corrected chi connectivity index (χ3v) is 2.42. The van der Waals surface area contributed by atoms with Crippen molar-refractivity contribution < 1.29 is 40.3 Å². The first-order valence-electron chi connectivity index (χ1n) is 5.16. The highest BCUT2D eigenvalue weighted by molar-refractivity contribution is 4.88. The molecule has 6 atom stereocenters. The minimum absolute atomic E-state index is 0.0745. The summed E-state index contributed by atoms with van der Waals surface area (Å²) in [5, 5.41) is 46.1. The molecule has 0 aromatic heterocycles. The maximum absolute atomic E-state index is 9.55. The average Bonchev–Trinajstić information content (AvgIpc) is 2.29. The second-order valence-electron chi connectivity index (χ2n) is 3.77. The van der Waals surface area contributed by atoms with Crippen LogP contribution in [0.5, 0.6) is 0 Å². The van der Waals surface area contributed by atoms with Crippen molar-refractivity contribution in [1.82, 2.24) is 5.43 Å². The van der Waals surface area contributed by atoms with Crippen LogP contribution in [0.2, 0.25) is 0 Å². The van der Waals surface area contributed by atoms with Crippen molar-refractivity contribution in [3.8, 4) is 0 Å². The number of aliphatic hydroxyl groups excluding tert-OH is 4. The SMILES string of the molecule is C[NH+](O)NCOC1OC(CO)C(O)C(O)C1O. The minimum Gasteiger partial charge on any atom is -0.394 e. The molecule has 7 N–H and O–H groups in total. The summed E-state index contributed by atoms with van der Waals surface area (Å²) >= 11 is 0. The first-order chi connectivity index (χ1) is 7.97. The summed E-state index contributed by atoms with van der Waals surface area (Å²) in [6.07, 6.45) is -6.51. The first kappa shape index (κ1) is 14.7. The third kappa shape index (κ3) is 3.81. The molecule has 1 fully saturated rings. The Morgan fingerprint density at radius 1 is 1.24 bits per heavy atom. The van der Waals surface area contributed by atoms with Crippen LogP contribution in [0.25, 0.3) is 0 Å². The van der Waals surface area contributed by atoms with Crippen LogP contribution in [0.3, 0.4) is 0 Å². The maximum atomic E-state index is 9.55. The summed E-state index contributed by atoms with van der Waals surface area (Å²) in [5.41, 5.74) is 2.42. The summed E-state index contributed by atoms with van der Waals surface area (Å²) in [6, 6.07) is 0. The summed E-state index contributed by atoms with van der Waals surface area (Å²) < 4.78 is 10.1. The van der Waals surface area contributed by atoms with E-state index in [0.717, 1.165) is 0 Å². The standard InChI is InChI=1S/C8H18N2O7/c1-10(15)9-3-16-8-7(14)6(13)5(12)4(2-11)17-8/h4-9,11-15H,2-3H2,1H3/p+1. The molecule has 0 aliphatic carbocycles. The Hall–Kier alpha value is -0.360. The number of nitrogens with one attached hydrogen (secondary N) is 2. The smallest absolute Gasteiger partial charge is 0.188 e. The molecule has 0 spiro atoms. The molecule has 17 heavy (non-hydrogen) atoms. The van der Waals surface area contributed by atoms with Gasteiger partial charge in [-0.2, -0.15) is 5.21 Å². The van der Waals surface area contributed by atoms with Crippen LogP contribution in [0.1, 0.15) is 0 Å². The molecule has 9 nitrogen and oxygen atoms in total. The van der Waals surface area contributed by atoms with E-state index in [1.165, 1.54) is 7.05 Å². The molecule has 9 heteroatoms. The fraction of sp³-hybridized carbons (Fsp3) is 1.00. The maximum Gasteiger partial charge on any atom is 0.188 e. The van der Waals surface area contributed by atoms with Crippen molar-refractivity contribution in [1.29, 1.82) is 0 Å². The van der Waals surface area contributed by atoms with Gasteiger partial charge in [-0.15, -0.1) is 10.6 Å². The Bertz CT molecular complexity index is 228. The molecule has 6 unspecified atom stereocenters. The van der Waals surface area contributed by atoms with E-state index in [1.807, 2.05) is 0 Å². The topological polar surface area (TPSA) is 136 Å². The number of hydrogen-bond acceptors (Lipinski definition) is 8. The normalized spacial score (nSPS) is 40.2. The molecule has 1 saturated heterocycles. The van der Waals surface area contributed by atoms with Crippen LogP contribution in [-0.4, -0.2) is 76.7 Å².